The van der Waals surface area contributed by atoms with E-state index < -0.39 is 6.10 Å². The van der Waals surface area contributed by atoms with Gasteiger partial charge in [-0.3, -0.25) is 4.79 Å². The van der Waals surface area contributed by atoms with Crippen LogP contribution >= 0.6 is 0 Å². The zero-order valence-electron chi connectivity index (χ0n) is 14.5. The number of ether oxygens (including phenoxy) is 1. The predicted octanol–water partition coefficient (Wildman–Crippen LogP) is 2.03. The highest BCUT2D eigenvalue weighted by Crippen LogP contribution is 2.18. The summed E-state index contributed by atoms with van der Waals surface area (Å²) in [4.78, 5) is 26.1. The molecule has 0 bridgehead atoms. The Kier molecular flexibility index (Phi) is 7.15. The number of rotatable bonds is 5. The Bertz CT molecular complexity index is 389. The minimum atomic E-state index is -0.410. The van der Waals surface area contributed by atoms with Crippen molar-refractivity contribution in [1.29, 1.82) is 0 Å². The number of amides is 3. The van der Waals surface area contributed by atoms with Gasteiger partial charge in [-0.25, -0.2) is 4.79 Å². The third-order valence-electron chi connectivity index (χ3n) is 4.85. The van der Waals surface area contributed by atoms with Crippen LogP contribution in [0.25, 0.3) is 0 Å². The molecule has 6 nitrogen and oxygen atoms in total. The molecule has 1 saturated carbocycles. The largest absolute Gasteiger partial charge is 0.369 e. The summed E-state index contributed by atoms with van der Waals surface area (Å²) in [7, 11) is 0. The second kappa shape index (κ2) is 9.11. The molecule has 2 rings (SSSR count). The SMILES string of the molecule is CCO[C@H](C)C(=O)NC1CCN(C(=O)NC2CCCCC2)CC1. The van der Waals surface area contributed by atoms with Crippen LogP contribution < -0.4 is 10.6 Å². The van der Waals surface area contributed by atoms with Gasteiger partial charge in [0.15, 0.2) is 0 Å². The first-order valence-electron chi connectivity index (χ1n) is 9.07. The number of likely N-dealkylation sites (tertiary alicyclic amines) is 1. The van der Waals surface area contributed by atoms with Crippen LogP contribution in [0.3, 0.4) is 0 Å². The Labute approximate surface area is 139 Å². The Morgan fingerprint density at radius 3 is 2.26 bits per heavy atom. The van der Waals surface area contributed by atoms with Crippen LogP contribution in [-0.4, -0.2) is 54.7 Å². The highest BCUT2D eigenvalue weighted by Gasteiger charge is 2.26. The smallest absolute Gasteiger partial charge is 0.317 e. The van der Waals surface area contributed by atoms with Gasteiger partial charge in [0.05, 0.1) is 0 Å². The van der Waals surface area contributed by atoms with Gasteiger partial charge in [-0.15, -0.1) is 0 Å². The van der Waals surface area contributed by atoms with Crippen molar-refractivity contribution in [2.24, 2.45) is 0 Å². The average molecular weight is 325 g/mol. The minimum absolute atomic E-state index is 0.0584. The molecule has 2 fully saturated rings. The Hall–Kier alpha value is -1.30. The molecule has 0 aromatic heterocycles. The maximum Gasteiger partial charge on any atom is 0.317 e. The zero-order valence-corrected chi connectivity index (χ0v) is 14.5. The molecule has 1 saturated heterocycles. The first-order valence-corrected chi connectivity index (χ1v) is 9.07. The summed E-state index contributed by atoms with van der Waals surface area (Å²) in [5, 5.41) is 6.18. The van der Waals surface area contributed by atoms with E-state index in [1.165, 1.54) is 19.3 Å². The molecule has 1 aliphatic carbocycles. The summed E-state index contributed by atoms with van der Waals surface area (Å²) in [5.41, 5.74) is 0. The molecule has 6 heteroatoms. The molecule has 3 amide bonds. The van der Waals surface area contributed by atoms with Gasteiger partial charge in [-0.2, -0.15) is 0 Å². The fourth-order valence-corrected chi connectivity index (χ4v) is 3.38. The van der Waals surface area contributed by atoms with E-state index in [4.69, 9.17) is 4.74 Å². The van der Waals surface area contributed by atoms with E-state index in [0.29, 0.717) is 25.7 Å². The normalized spacial score (nSPS) is 21.7. The van der Waals surface area contributed by atoms with E-state index in [-0.39, 0.29) is 18.0 Å². The van der Waals surface area contributed by atoms with Gasteiger partial charge in [0.25, 0.3) is 0 Å². The molecule has 0 radical (unpaired) electrons. The topological polar surface area (TPSA) is 70.7 Å². The third kappa shape index (κ3) is 5.68. The lowest BCUT2D eigenvalue weighted by Crippen LogP contribution is -2.52. The molecule has 1 heterocycles. The summed E-state index contributed by atoms with van der Waals surface area (Å²) in [5.74, 6) is -0.0584. The van der Waals surface area contributed by atoms with Crippen LogP contribution in [0.4, 0.5) is 4.79 Å². The number of nitrogens with zero attached hydrogens (tertiary/aromatic N) is 1. The van der Waals surface area contributed by atoms with Crippen molar-refractivity contribution in [3.63, 3.8) is 0 Å². The van der Waals surface area contributed by atoms with Gasteiger partial charge >= 0.3 is 6.03 Å². The number of hydrogen-bond donors (Lipinski definition) is 2. The number of piperidine rings is 1. The van der Waals surface area contributed by atoms with Crippen molar-refractivity contribution in [3.05, 3.63) is 0 Å². The first-order chi connectivity index (χ1) is 11.1. The summed E-state index contributed by atoms with van der Waals surface area (Å²) in [6.07, 6.45) is 7.14. The van der Waals surface area contributed by atoms with E-state index in [2.05, 4.69) is 10.6 Å². The van der Waals surface area contributed by atoms with E-state index >= 15 is 0 Å². The summed E-state index contributed by atoms with van der Waals surface area (Å²) >= 11 is 0. The molecular weight excluding hydrogens is 294 g/mol. The van der Waals surface area contributed by atoms with Gasteiger partial charge in [0.1, 0.15) is 6.10 Å². The van der Waals surface area contributed by atoms with Crippen LogP contribution in [0.15, 0.2) is 0 Å². The Morgan fingerprint density at radius 2 is 1.65 bits per heavy atom. The van der Waals surface area contributed by atoms with Gasteiger partial charge in [-0.05, 0) is 39.5 Å². The third-order valence-corrected chi connectivity index (χ3v) is 4.85. The van der Waals surface area contributed by atoms with Crippen molar-refractivity contribution in [3.8, 4) is 0 Å². The van der Waals surface area contributed by atoms with E-state index in [9.17, 15) is 9.59 Å². The van der Waals surface area contributed by atoms with Crippen LogP contribution in [0, 0.1) is 0 Å². The van der Waals surface area contributed by atoms with E-state index in [1.807, 2.05) is 11.8 Å². The van der Waals surface area contributed by atoms with Gasteiger partial charge in [0, 0.05) is 31.8 Å². The highest BCUT2D eigenvalue weighted by atomic mass is 16.5. The van der Waals surface area contributed by atoms with E-state index in [1.54, 1.807) is 6.92 Å². The van der Waals surface area contributed by atoms with Crippen LogP contribution in [-0.2, 0) is 9.53 Å². The molecule has 132 valence electrons. The van der Waals surface area contributed by atoms with Crippen LogP contribution in [0.5, 0.6) is 0 Å². The molecule has 1 atom stereocenters. The molecule has 0 spiro atoms. The molecular formula is C17H31N3O3. The molecule has 0 unspecified atom stereocenters. The second-order valence-electron chi connectivity index (χ2n) is 6.65. The Morgan fingerprint density at radius 1 is 1.04 bits per heavy atom. The summed E-state index contributed by atoms with van der Waals surface area (Å²) in [6, 6.07) is 0.550. The lowest BCUT2D eigenvalue weighted by atomic mass is 9.95. The van der Waals surface area contributed by atoms with Crippen LogP contribution in [0.1, 0.15) is 58.8 Å². The quantitative estimate of drug-likeness (QED) is 0.812. The Balaban J connectivity index is 1.68. The summed E-state index contributed by atoms with van der Waals surface area (Å²) < 4.78 is 5.30. The maximum atomic E-state index is 12.3. The van der Waals surface area contributed by atoms with Crippen molar-refractivity contribution >= 4 is 11.9 Å². The van der Waals surface area contributed by atoms with Gasteiger partial charge in [-0.1, -0.05) is 19.3 Å². The molecule has 0 aromatic carbocycles. The minimum Gasteiger partial charge on any atom is -0.369 e. The number of urea groups is 1. The number of nitrogens with one attached hydrogen (secondary N) is 2. The fourth-order valence-electron chi connectivity index (χ4n) is 3.38. The predicted molar refractivity (Wildman–Crippen MR) is 89.2 cm³/mol. The van der Waals surface area contributed by atoms with Gasteiger partial charge in [0.2, 0.25) is 5.91 Å². The van der Waals surface area contributed by atoms with Crippen molar-refractivity contribution in [2.45, 2.75) is 77.0 Å². The zero-order chi connectivity index (χ0) is 16.7. The van der Waals surface area contributed by atoms with Crippen molar-refractivity contribution < 1.29 is 14.3 Å². The molecule has 0 aromatic rings. The van der Waals surface area contributed by atoms with Crippen molar-refractivity contribution in [2.75, 3.05) is 19.7 Å². The molecule has 1 aliphatic heterocycles. The van der Waals surface area contributed by atoms with E-state index in [0.717, 1.165) is 25.7 Å². The number of hydrogen-bond acceptors (Lipinski definition) is 3. The second-order valence-corrected chi connectivity index (χ2v) is 6.65. The monoisotopic (exact) mass is 325 g/mol. The maximum absolute atomic E-state index is 12.3. The summed E-state index contributed by atoms with van der Waals surface area (Å²) in [6.45, 7) is 5.59. The first kappa shape index (κ1) is 18.0. The van der Waals surface area contributed by atoms with Crippen molar-refractivity contribution in [1.82, 2.24) is 15.5 Å². The highest BCUT2D eigenvalue weighted by molar-refractivity contribution is 5.80. The standard InChI is InChI=1S/C17H31N3O3/c1-3-23-13(2)16(21)18-15-9-11-20(12-10-15)17(22)19-14-7-5-4-6-8-14/h13-15H,3-12H2,1-2H3,(H,18,21)(H,19,22)/t13-/m1/s1. The fraction of sp³-hybridized carbons (Fsp3) is 0.882. The van der Waals surface area contributed by atoms with Gasteiger partial charge < -0.3 is 20.3 Å². The lowest BCUT2D eigenvalue weighted by Gasteiger charge is -2.34. The van der Waals surface area contributed by atoms with Crippen LogP contribution in [0.2, 0.25) is 0 Å². The molecule has 23 heavy (non-hydrogen) atoms. The number of carbonyl (C=O) groups excluding carboxylic acids is 2. The lowest BCUT2D eigenvalue weighted by molar-refractivity contribution is -0.132. The average Bonchev–Trinajstić information content (AvgIpc) is 2.56. The number of carbonyl (C=O) groups is 2. The molecule has 2 N–H and O–H groups in total. The molecule has 2 aliphatic rings.